The van der Waals surface area contributed by atoms with Crippen molar-refractivity contribution in [2.75, 3.05) is 0 Å². The summed E-state index contributed by atoms with van der Waals surface area (Å²) < 4.78 is 0. The SMILES string of the molecule is CCC(C)NC(=O)C(=O)c1ccc2c(c1)CCCC2. The van der Waals surface area contributed by atoms with Crippen LogP contribution in [0.15, 0.2) is 18.2 Å². The number of carbonyl (C=O) groups excluding carboxylic acids is 2. The fourth-order valence-corrected chi connectivity index (χ4v) is 2.40. The van der Waals surface area contributed by atoms with Crippen molar-refractivity contribution >= 4 is 11.7 Å². The number of hydrogen-bond acceptors (Lipinski definition) is 2. The Bertz CT molecular complexity index is 494. The van der Waals surface area contributed by atoms with Crippen molar-refractivity contribution in [1.82, 2.24) is 5.32 Å². The van der Waals surface area contributed by atoms with Crippen LogP contribution < -0.4 is 5.32 Å². The molecular formula is C16H21NO2. The van der Waals surface area contributed by atoms with E-state index in [2.05, 4.69) is 5.32 Å². The van der Waals surface area contributed by atoms with Gasteiger partial charge in [-0.25, -0.2) is 0 Å². The van der Waals surface area contributed by atoms with Gasteiger partial charge >= 0.3 is 0 Å². The van der Waals surface area contributed by atoms with Crippen LogP contribution in [0.5, 0.6) is 0 Å². The number of ketones is 1. The molecule has 0 aromatic heterocycles. The second kappa shape index (κ2) is 6.00. The highest BCUT2D eigenvalue weighted by atomic mass is 16.2. The molecule has 2 rings (SSSR count). The highest BCUT2D eigenvalue weighted by Gasteiger charge is 2.19. The summed E-state index contributed by atoms with van der Waals surface area (Å²) in [6.45, 7) is 3.88. The Hall–Kier alpha value is -1.64. The Labute approximate surface area is 114 Å². The van der Waals surface area contributed by atoms with E-state index in [-0.39, 0.29) is 6.04 Å². The van der Waals surface area contributed by atoms with E-state index < -0.39 is 11.7 Å². The molecule has 1 aliphatic carbocycles. The van der Waals surface area contributed by atoms with E-state index in [0.717, 1.165) is 19.3 Å². The van der Waals surface area contributed by atoms with Crippen LogP contribution >= 0.6 is 0 Å². The molecular weight excluding hydrogens is 238 g/mol. The highest BCUT2D eigenvalue weighted by Crippen LogP contribution is 2.22. The molecule has 1 amide bonds. The van der Waals surface area contributed by atoms with Gasteiger partial charge in [0.05, 0.1) is 0 Å². The molecule has 1 N–H and O–H groups in total. The van der Waals surface area contributed by atoms with Crippen LogP contribution in [0.25, 0.3) is 0 Å². The van der Waals surface area contributed by atoms with Crippen molar-refractivity contribution in [3.05, 3.63) is 34.9 Å². The van der Waals surface area contributed by atoms with Gasteiger partial charge < -0.3 is 5.32 Å². The first-order valence-electron chi connectivity index (χ1n) is 7.08. The quantitative estimate of drug-likeness (QED) is 0.667. The topological polar surface area (TPSA) is 46.2 Å². The van der Waals surface area contributed by atoms with Crippen LogP contribution in [0.1, 0.15) is 54.6 Å². The number of aryl methyl sites for hydroxylation is 2. The van der Waals surface area contributed by atoms with Crippen molar-refractivity contribution < 1.29 is 9.59 Å². The summed E-state index contributed by atoms with van der Waals surface area (Å²) in [6, 6.07) is 5.71. The average molecular weight is 259 g/mol. The first kappa shape index (κ1) is 13.8. The summed E-state index contributed by atoms with van der Waals surface area (Å²) in [7, 11) is 0. The molecule has 0 aliphatic heterocycles. The molecule has 0 spiro atoms. The summed E-state index contributed by atoms with van der Waals surface area (Å²) in [5, 5.41) is 2.72. The maximum atomic E-state index is 12.1. The molecule has 0 saturated carbocycles. The summed E-state index contributed by atoms with van der Waals surface area (Å²) >= 11 is 0. The number of carbonyl (C=O) groups is 2. The number of Topliss-reactive ketones (excluding diaryl/α,β-unsaturated/α-hetero) is 1. The Kier molecular flexibility index (Phi) is 4.35. The zero-order chi connectivity index (χ0) is 13.8. The standard InChI is InChI=1S/C16H21NO2/c1-3-11(2)17-16(19)15(18)14-9-8-12-6-4-5-7-13(12)10-14/h8-11H,3-7H2,1-2H3,(H,17,19). The molecule has 1 atom stereocenters. The van der Waals surface area contributed by atoms with E-state index in [1.165, 1.54) is 24.0 Å². The molecule has 0 bridgehead atoms. The van der Waals surface area contributed by atoms with E-state index in [4.69, 9.17) is 0 Å². The molecule has 1 aromatic rings. The van der Waals surface area contributed by atoms with Gasteiger partial charge in [0, 0.05) is 11.6 Å². The van der Waals surface area contributed by atoms with Crippen molar-refractivity contribution in [2.24, 2.45) is 0 Å². The number of benzene rings is 1. The van der Waals surface area contributed by atoms with Gasteiger partial charge in [-0.05, 0) is 56.2 Å². The Morgan fingerprint density at radius 3 is 2.58 bits per heavy atom. The number of amides is 1. The minimum atomic E-state index is -0.495. The largest absolute Gasteiger partial charge is 0.347 e. The maximum Gasteiger partial charge on any atom is 0.292 e. The van der Waals surface area contributed by atoms with Gasteiger partial charge in [0.25, 0.3) is 5.91 Å². The molecule has 1 unspecified atom stereocenters. The Morgan fingerprint density at radius 2 is 1.89 bits per heavy atom. The van der Waals surface area contributed by atoms with Gasteiger partial charge in [-0.15, -0.1) is 0 Å². The van der Waals surface area contributed by atoms with E-state index in [0.29, 0.717) is 5.56 Å². The molecule has 0 saturated heterocycles. The fourth-order valence-electron chi connectivity index (χ4n) is 2.40. The minimum Gasteiger partial charge on any atom is -0.347 e. The summed E-state index contributed by atoms with van der Waals surface area (Å²) in [6.07, 6.45) is 5.31. The van der Waals surface area contributed by atoms with Gasteiger partial charge in [-0.2, -0.15) is 0 Å². The number of rotatable bonds is 4. The number of hydrogen-bond donors (Lipinski definition) is 1. The van der Waals surface area contributed by atoms with Crippen molar-refractivity contribution in [1.29, 1.82) is 0 Å². The third kappa shape index (κ3) is 3.22. The third-order valence-corrected chi connectivity index (χ3v) is 3.81. The zero-order valence-corrected chi connectivity index (χ0v) is 11.7. The second-order valence-corrected chi connectivity index (χ2v) is 5.30. The van der Waals surface area contributed by atoms with E-state index in [1.807, 2.05) is 26.0 Å². The lowest BCUT2D eigenvalue weighted by atomic mass is 9.89. The molecule has 19 heavy (non-hydrogen) atoms. The van der Waals surface area contributed by atoms with Crippen LogP contribution in [0.4, 0.5) is 0 Å². The molecule has 1 aromatic carbocycles. The summed E-state index contributed by atoms with van der Waals surface area (Å²) in [5.74, 6) is -0.918. The van der Waals surface area contributed by atoms with Gasteiger partial charge in [0.15, 0.2) is 0 Å². The van der Waals surface area contributed by atoms with Crippen LogP contribution in [0, 0.1) is 0 Å². The van der Waals surface area contributed by atoms with Gasteiger partial charge in [0.1, 0.15) is 0 Å². The van der Waals surface area contributed by atoms with Crippen LogP contribution in [-0.4, -0.2) is 17.7 Å². The Morgan fingerprint density at radius 1 is 1.21 bits per heavy atom. The van der Waals surface area contributed by atoms with Crippen molar-refractivity contribution in [2.45, 2.75) is 52.0 Å². The molecule has 0 fully saturated rings. The predicted octanol–water partition coefficient (Wildman–Crippen LogP) is 2.66. The molecule has 3 nitrogen and oxygen atoms in total. The molecule has 3 heteroatoms. The first-order valence-corrected chi connectivity index (χ1v) is 7.08. The molecule has 102 valence electrons. The third-order valence-electron chi connectivity index (χ3n) is 3.81. The summed E-state index contributed by atoms with van der Waals surface area (Å²) in [5.41, 5.74) is 3.07. The van der Waals surface area contributed by atoms with E-state index >= 15 is 0 Å². The smallest absolute Gasteiger partial charge is 0.292 e. The van der Waals surface area contributed by atoms with E-state index in [1.54, 1.807) is 6.07 Å². The molecule has 0 radical (unpaired) electrons. The maximum absolute atomic E-state index is 12.1. The summed E-state index contributed by atoms with van der Waals surface area (Å²) in [4.78, 5) is 23.9. The van der Waals surface area contributed by atoms with E-state index in [9.17, 15) is 9.59 Å². The predicted molar refractivity (Wildman–Crippen MR) is 75.3 cm³/mol. The zero-order valence-electron chi connectivity index (χ0n) is 11.7. The van der Waals surface area contributed by atoms with Gasteiger partial charge in [-0.3, -0.25) is 9.59 Å². The average Bonchev–Trinajstić information content (AvgIpc) is 2.45. The Balaban J connectivity index is 2.13. The fraction of sp³-hybridized carbons (Fsp3) is 0.500. The first-order chi connectivity index (χ1) is 9.11. The number of fused-ring (bicyclic) bond motifs is 1. The number of nitrogens with one attached hydrogen (secondary N) is 1. The van der Waals surface area contributed by atoms with Crippen LogP contribution in [-0.2, 0) is 17.6 Å². The van der Waals surface area contributed by atoms with Crippen LogP contribution in [0.3, 0.4) is 0 Å². The molecule has 1 aliphatic rings. The minimum absolute atomic E-state index is 0.0362. The lowest BCUT2D eigenvalue weighted by molar-refractivity contribution is -0.117. The van der Waals surface area contributed by atoms with Crippen LogP contribution in [0.2, 0.25) is 0 Å². The lowest BCUT2D eigenvalue weighted by Gasteiger charge is -2.16. The lowest BCUT2D eigenvalue weighted by Crippen LogP contribution is -2.37. The van der Waals surface area contributed by atoms with Crippen molar-refractivity contribution in [3.8, 4) is 0 Å². The van der Waals surface area contributed by atoms with Gasteiger partial charge in [0.2, 0.25) is 5.78 Å². The van der Waals surface area contributed by atoms with Crippen molar-refractivity contribution in [3.63, 3.8) is 0 Å². The molecule has 0 heterocycles. The van der Waals surface area contributed by atoms with Gasteiger partial charge in [-0.1, -0.05) is 19.1 Å². The normalized spacial score (nSPS) is 15.5. The monoisotopic (exact) mass is 259 g/mol. The second-order valence-electron chi connectivity index (χ2n) is 5.30. The highest BCUT2D eigenvalue weighted by molar-refractivity contribution is 6.42.